The maximum absolute atomic E-state index is 12.0. The molecule has 5 nitrogen and oxygen atoms in total. The van der Waals surface area contributed by atoms with Crippen LogP contribution in [0.2, 0.25) is 0 Å². The van der Waals surface area contributed by atoms with Crippen LogP contribution < -0.4 is 0 Å². The predicted molar refractivity (Wildman–Crippen MR) is 196 cm³/mol. The lowest BCUT2D eigenvalue weighted by Crippen LogP contribution is -2.25. The molecule has 5 heteroatoms. The van der Waals surface area contributed by atoms with Crippen molar-refractivity contribution in [3.8, 4) is 0 Å². The van der Waals surface area contributed by atoms with E-state index in [4.69, 9.17) is 9.47 Å². The van der Waals surface area contributed by atoms with Crippen molar-refractivity contribution in [3.05, 3.63) is 36.5 Å². The summed E-state index contributed by atoms with van der Waals surface area (Å²) < 4.78 is 10.3. The van der Waals surface area contributed by atoms with E-state index in [1.807, 2.05) is 0 Å². The minimum absolute atomic E-state index is 0.122. The van der Waals surface area contributed by atoms with Crippen molar-refractivity contribution in [3.63, 3.8) is 0 Å². The zero-order chi connectivity index (χ0) is 33.6. The van der Waals surface area contributed by atoms with Gasteiger partial charge in [0, 0.05) is 12.8 Å². The summed E-state index contributed by atoms with van der Waals surface area (Å²) in [6, 6.07) is 0. The highest BCUT2D eigenvalue weighted by atomic mass is 16.6. The lowest BCUT2D eigenvalue weighted by molar-refractivity contribution is -0.152. The summed E-state index contributed by atoms with van der Waals surface area (Å²) in [5.74, 6) is -0.587. The molecule has 268 valence electrons. The minimum Gasteiger partial charge on any atom is -0.463 e. The molecule has 1 atom stereocenters. The zero-order valence-corrected chi connectivity index (χ0v) is 30.3. The van der Waals surface area contributed by atoms with E-state index in [0.717, 1.165) is 51.4 Å². The Morgan fingerprint density at radius 1 is 0.457 bits per heavy atom. The first kappa shape index (κ1) is 44.1. The fraction of sp³-hybridized carbons (Fsp3) is 0.805. The van der Waals surface area contributed by atoms with Gasteiger partial charge in [-0.3, -0.25) is 9.59 Å². The molecular formula is C41H74O5. The summed E-state index contributed by atoms with van der Waals surface area (Å²) >= 11 is 0. The number of hydrogen-bond donors (Lipinski definition) is 1. The Morgan fingerprint density at radius 2 is 0.761 bits per heavy atom. The molecule has 0 aromatic heterocycles. The first-order chi connectivity index (χ1) is 22.6. The van der Waals surface area contributed by atoms with Crippen LogP contribution in [0.5, 0.6) is 0 Å². The average Bonchev–Trinajstić information content (AvgIpc) is 3.06. The van der Waals surface area contributed by atoms with Crippen LogP contribution in [-0.4, -0.2) is 36.4 Å². The van der Waals surface area contributed by atoms with Crippen molar-refractivity contribution in [2.24, 2.45) is 0 Å². The molecule has 0 fully saturated rings. The summed E-state index contributed by atoms with van der Waals surface area (Å²) in [4.78, 5) is 23.9. The molecule has 0 unspecified atom stereocenters. The Bertz CT molecular complexity index is 741. The lowest BCUT2D eigenvalue weighted by atomic mass is 10.1. The number of ether oxygens (including phenoxy) is 2. The van der Waals surface area contributed by atoms with Gasteiger partial charge >= 0.3 is 11.9 Å². The number of carbonyl (C=O) groups is 2. The van der Waals surface area contributed by atoms with E-state index < -0.39 is 6.10 Å². The van der Waals surface area contributed by atoms with Crippen LogP contribution in [0, 0.1) is 0 Å². The molecule has 0 rings (SSSR count). The highest BCUT2D eigenvalue weighted by Gasteiger charge is 2.12. The second-order valence-corrected chi connectivity index (χ2v) is 13.0. The zero-order valence-electron chi connectivity index (χ0n) is 30.3. The van der Waals surface area contributed by atoms with Gasteiger partial charge in [0.2, 0.25) is 0 Å². The van der Waals surface area contributed by atoms with E-state index in [-0.39, 0.29) is 25.2 Å². The monoisotopic (exact) mass is 647 g/mol. The van der Waals surface area contributed by atoms with Gasteiger partial charge in [-0.05, 0) is 70.6 Å². The number of hydrogen-bond acceptors (Lipinski definition) is 5. The second kappa shape index (κ2) is 37.6. The van der Waals surface area contributed by atoms with Crippen LogP contribution in [-0.2, 0) is 19.1 Å². The largest absolute Gasteiger partial charge is 0.463 e. The second-order valence-electron chi connectivity index (χ2n) is 13.0. The summed E-state index contributed by atoms with van der Waals surface area (Å²) in [5, 5.41) is 10.00. The number of unbranched alkanes of at least 4 members (excludes halogenated alkanes) is 21. The van der Waals surface area contributed by atoms with Crippen LogP contribution in [0.25, 0.3) is 0 Å². The molecule has 46 heavy (non-hydrogen) atoms. The third-order valence-corrected chi connectivity index (χ3v) is 8.35. The summed E-state index contributed by atoms with van der Waals surface area (Å²) in [6.45, 7) is 4.25. The quantitative estimate of drug-likeness (QED) is 0.0421. The number of esters is 2. The van der Waals surface area contributed by atoms with Crippen molar-refractivity contribution in [2.75, 3.05) is 13.2 Å². The SMILES string of the molecule is CCCCC/C=C\C/C=C\CCCCCCCCCCCC(=O)OC[C@H](O)COC(=O)CCCCC/C=C\CCCCCCCC. The van der Waals surface area contributed by atoms with Crippen molar-refractivity contribution in [1.82, 2.24) is 0 Å². The Balaban J connectivity index is 3.45. The molecule has 0 spiro atoms. The molecule has 0 aliphatic rings. The predicted octanol–water partition coefficient (Wildman–Crippen LogP) is 12.1. The van der Waals surface area contributed by atoms with Crippen LogP contribution in [0.1, 0.15) is 194 Å². The van der Waals surface area contributed by atoms with Crippen LogP contribution in [0.4, 0.5) is 0 Å². The van der Waals surface area contributed by atoms with E-state index in [0.29, 0.717) is 12.8 Å². The van der Waals surface area contributed by atoms with Gasteiger partial charge < -0.3 is 14.6 Å². The standard InChI is InChI=1S/C41H74O5/c1-3-5-7-9-11-13-15-17-18-19-20-21-22-24-26-28-30-32-34-36-41(44)46-38-39(42)37-45-40(43)35-33-31-29-27-25-23-16-14-12-10-8-6-4-2/h11,13,17-18,23,25,39,42H,3-10,12,14-16,19-22,24,26-38H2,1-2H3/b13-11-,18-17-,25-23-/t39-/m1/s1. The van der Waals surface area contributed by atoms with Gasteiger partial charge in [-0.15, -0.1) is 0 Å². The van der Waals surface area contributed by atoms with E-state index in [9.17, 15) is 14.7 Å². The molecule has 0 amide bonds. The van der Waals surface area contributed by atoms with Gasteiger partial charge in [0.1, 0.15) is 19.3 Å². The fourth-order valence-electron chi connectivity index (χ4n) is 5.35. The van der Waals surface area contributed by atoms with Gasteiger partial charge in [-0.2, -0.15) is 0 Å². The van der Waals surface area contributed by atoms with Gasteiger partial charge in [-0.25, -0.2) is 0 Å². The molecule has 0 aromatic rings. The molecule has 0 aromatic carbocycles. The molecule has 0 aliphatic carbocycles. The highest BCUT2D eigenvalue weighted by Crippen LogP contribution is 2.13. The summed E-state index contributed by atoms with van der Waals surface area (Å²) in [5.41, 5.74) is 0. The molecule has 0 aliphatic heterocycles. The average molecular weight is 647 g/mol. The maximum Gasteiger partial charge on any atom is 0.305 e. The normalized spacial score (nSPS) is 12.5. The topological polar surface area (TPSA) is 72.8 Å². The molecule has 0 radical (unpaired) electrons. The Hall–Kier alpha value is -1.88. The Labute approximate surface area is 285 Å². The number of aliphatic hydroxyl groups is 1. The fourth-order valence-corrected chi connectivity index (χ4v) is 5.35. The number of aliphatic hydroxyl groups excluding tert-OH is 1. The van der Waals surface area contributed by atoms with Crippen molar-refractivity contribution in [1.29, 1.82) is 0 Å². The van der Waals surface area contributed by atoms with Gasteiger partial charge in [0.25, 0.3) is 0 Å². The molecule has 0 heterocycles. The van der Waals surface area contributed by atoms with Gasteiger partial charge in [-0.1, -0.05) is 147 Å². The number of rotatable bonds is 35. The first-order valence-electron chi connectivity index (χ1n) is 19.5. The summed E-state index contributed by atoms with van der Waals surface area (Å²) in [7, 11) is 0. The van der Waals surface area contributed by atoms with Crippen LogP contribution in [0.3, 0.4) is 0 Å². The van der Waals surface area contributed by atoms with Gasteiger partial charge in [0.05, 0.1) is 0 Å². The molecule has 1 N–H and O–H groups in total. The van der Waals surface area contributed by atoms with Crippen LogP contribution >= 0.6 is 0 Å². The molecule has 0 saturated carbocycles. The lowest BCUT2D eigenvalue weighted by Gasteiger charge is -2.12. The maximum atomic E-state index is 12.0. The van der Waals surface area contributed by atoms with Crippen LogP contribution in [0.15, 0.2) is 36.5 Å². The van der Waals surface area contributed by atoms with Crippen molar-refractivity contribution < 1.29 is 24.2 Å². The van der Waals surface area contributed by atoms with E-state index in [1.165, 1.54) is 116 Å². The van der Waals surface area contributed by atoms with Crippen molar-refractivity contribution >= 4 is 11.9 Å². The highest BCUT2D eigenvalue weighted by molar-refractivity contribution is 5.69. The number of carbonyl (C=O) groups excluding carboxylic acids is 2. The van der Waals surface area contributed by atoms with Gasteiger partial charge in [0.15, 0.2) is 0 Å². The van der Waals surface area contributed by atoms with Crippen molar-refractivity contribution in [2.45, 2.75) is 200 Å². The Kier molecular flexibility index (Phi) is 36.0. The third-order valence-electron chi connectivity index (χ3n) is 8.35. The summed E-state index contributed by atoms with van der Waals surface area (Å²) in [6.07, 6.45) is 44.8. The van der Waals surface area contributed by atoms with E-state index in [2.05, 4.69) is 50.3 Å². The smallest absolute Gasteiger partial charge is 0.305 e. The Morgan fingerprint density at radius 3 is 1.20 bits per heavy atom. The number of allylic oxidation sites excluding steroid dienone is 6. The molecular weight excluding hydrogens is 572 g/mol. The molecule has 0 bridgehead atoms. The van der Waals surface area contributed by atoms with E-state index in [1.54, 1.807) is 0 Å². The minimum atomic E-state index is -0.969. The third kappa shape index (κ3) is 36.6. The first-order valence-corrected chi connectivity index (χ1v) is 19.5. The molecule has 0 saturated heterocycles. The van der Waals surface area contributed by atoms with E-state index >= 15 is 0 Å².